The maximum Gasteiger partial charge on any atom is 0.315 e. The summed E-state index contributed by atoms with van der Waals surface area (Å²) in [4.78, 5) is 23.2. The van der Waals surface area contributed by atoms with Crippen LogP contribution in [0.1, 0.15) is 44.2 Å². The average Bonchev–Trinajstić information content (AvgIpc) is 2.28. The second kappa shape index (κ2) is 6.72. The molecule has 2 atom stereocenters. The van der Waals surface area contributed by atoms with Crippen LogP contribution in [0.25, 0.3) is 0 Å². The molecule has 5 heteroatoms. The van der Waals surface area contributed by atoms with Crippen LogP contribution in [-0.4, -0.2) is 28.7 Å². The fourth-order valence-corrected chi connectivity index (χ4v) is 2.02. The first-order valence-corrected chi connectivity index (χ1v) is 6.87. The molecule has 0 spiro atoms. The van der Waals surface area contributed by atoms with Gasteiger partial charge in [0.2, 0.25) is 0 Å². The summed E-state index contributed by atoms with van der Waals surface area (Å²) in [6, 6.07) is 6.46. The summed E-state index contributed by atoms with van der Waals surface area (Å²) in [6.45, 7) is 7.23. The van der Waals surface area contributed by atoms with E-state index >= 15 is 0 Å². The lowest BCUT2D eigenvalue weighted by Crippen LogP contribution is -2.39. The van der Waals surface area contributed by atoms with E-state index in [0.29, 0.717) is 5.56 Å². The molecule has 0 unspecified atom stereocenters. The first kappa shape index (κ1) is 17.2. The standard InChI is InChI=1S/C16H23NO4/c1-10-5-7-11(8-6-10)14(12(17)9-13(18)19)15(20)21-16(2,3)4/h5-8,12,14H,9,17H2,1-4H3,(H,18,19)/t12-,14-/m1/s1. The van der Waals surface area contributed by atoms with Crippen molar-refractivity contribution >= 4 is 11.9 Å². The highest BCUT2D eigenvalue weighted by Crippen LogP contribution is 2.25. The molecule has 116 valence electrons. The minimum Gasteiger partial charge on any atom is -0.481 e. The fourth-order valence-electron chi connectivity index (χ4n) is 2.02. The van der Waals surface area contributed by atoms with Crippen molar-refractivity contribution in [1.29, 1.82) is 0 Å². The van der Waals surface area contributed by atoms with Gasteiger partial charge in [0.1, 0.15) is 5.60 Å². The van der Waals surface area contributed by atoms with Crippen LogP contribution < -0.4 is 5.73 Å². The molecule has 0 fully saturated rings. The molecule has 3 N–H and O–H groups in total. The van der Waals surface area contributed by atoms with Crippen molar-refractivity contribution in [2.24, 2.45) is 5.73 Å². The van der Waals surface area contributed by atoms with E-state index in [1.165, 1.54) is 0 Å². The van der Waals surface area contributed by atoms with E-state index in [1.807, 2.05) is 19.1 Å². The molecule has 0 aromatic heterocycles. The third kappa shape index (κ3) is 5.55. The van der Waals surface area contributed by atoms with Gasteiger partial charge in [-0.1, -0.05) is 29.8 Å². The van der Waals surface area contributed by atoms with Gasteiger partial charge in [-0.2, -0.15) is 0 Å². The van der Waals surface area contributed by atoms with Gasteiger partial charge in [-0.05, 0) is 33.3 Å². The summed E-state index contributed by atoms with van der Waals surface area (Å²) in [5.41, 5.74) is 7.00. The van der Waals surface area contributed by atoms with Gasteiger partial charge >= 0.3 is 11.9 Å². The van der Waals surface area contributed by atoms with E-state index in [4.69, 9.17) is 15.6 Å². The van der Waals surface area contributed by atoms with E-state index < -0.39 is 29.5 Å². The van der Waals surface area contributed by atoms with Crippen LogP contribution >= 0.6 is 0 Å². The molecule has 5 nitrogen and oxygen atoms in total. The van der Waals surface area contributed by atoms with E-state index in [-0.39, 0.29) is 6.42 Å². The number of carbonyl (C=O) groups excluding carboxylic acids is 1. The Balaban J connectivity index is 3.07. The van der Waals surface area contributed by atoms with Gasteiger partial charge in [0.15, 0.2) is 0 Å². The summed E-state index contributed by atoms with van der Waals surface area (Å²) >= 11 is 0. The van der Waals surface area contributed by atoms with E-state index in [1.54, 1.807) is 32.9 Å². The topological polar surface area (TPSA) is 89.6 Å². The van der Waals surface area contributed by atoms with E-state index in [0.717, 1.165) is 5.56 Å². The summed E-state index contributed by atoms with van der Waals surface area (Å²) < 4.78 is 5.38. The molecule has 0 heterocycles. The predicted molar refractivity (Wildman–Crippen MR) is 80.0 cm³/mol. The molecule has 1 aromatic rings. The van der Waals surface area contributed by atoms with Crippen molar-refractivity contribution in [1.82, 2.24) is 0 Å². The monoisotopic (exact) mass is 293 g/mol. The third-order valence-electron chi connectivity index (χ3n) is 2.94. The van der Waals surface area contributed by atoms with Crippen LogP contribution in [-0.2, 0) is 14.3 Å². The van der Waals surface area contributed by atoms with Gasteiger partial charge in [-0.25, -0.2) is 0 Å². The number of nitrogens with two attached hydrogens (primary N) is 1. The molecule has 0 bridgehead atoms. The third-order valence-corrected chi connectivity index (χ3v) is 2.94. The van der Waals surface area contributed by atoms with Gasteiger partial charge in [0, 0.05) is 6.04 Å². The largest absolute Gasteiger partial charge is 0.481 e. The number of rotatable bonds is 5. The highest BCUT2D eigenvalue weighted by molar-refractivity contribution is 5.81. The van der Waals surface area contributed by atoms with Crippen LogP contribution in [0.4, 0.5) is 0 Å². The second-order valence-electron chi connectivity index (χ2n) is 6.18. The normalized spacial score (nSPS) is 14.3. The maximum absolute atomic E-state index is 12.4. The smallest absolute Gasteiger partial charge is 0.315 e. The minimum absolute atomic E-state index is 0.294. The Labute approximate surface area is 125 Å². The van der Waals surface area contributed by atoms with Crippen molar-refractivity contribution in [2.45, 2.75) is 51.7 Å². The molecule has 0 amide bonds. The van der Waals surface area contributed by atoms with E-state index in [2.05, 4.69) is 0 Å². The molecule has 0 saturated carbocycles. The number of hydrogen-bond donors (Lipinski definition) is 2. The number of aryl methyl sites for hydroxylation is 1. The quantitative estimate of drug-likeness (QED) is 0.812. The Bertz CT molecular complexity index is 502. The van der Waals surface area contributed by atoms with Crippen molar-refractivity contribution in [3.63, 3.8) is 0 Å². The van der Waals surface area contributed by atoms with Gasteiger partial charge in [-0.15, -0.1) is 0 Å². The Hall–Kier alpha value is -1.88. The summed E-state index contributed by atoms with van der Waals surface area (Å²) in [6.07, 6.45) is -0.294. The summed E-state index contributed by atoms with van der Waals surface area (Å²) in [5.74, 6) is -2.33. The molecular formula is C16H23NO4. The van der Waals surface area contributed by atoms with Crippen LogP contribution in [0.3, 0.4) is 0 Å². The molecule has 0 radical (unpaired) electrons. The molecule has 1 aromatic carbocycles. The summed E-state index contributed by atoms with van der Waals surface area (Å²) in [7, 11) is 0. The lowest BCUT2D eigenvalue weighted by molar-refractivity contribution is -0.157. The molecule has 0 aliphatic rings. The Kier molecular flexibility index (Phi) is 5.49. The fraction of sp³-hybridized carbons (Fsp3) is 0.500. The van der Waals surface area contributed by atoms with Crippen molar-refractivity contribution in [3.8, 4) is 0 Å². The lowest BCUT2D eigenvalue weighted by Gasteiger charge is -2.27. The molecule has 0 aliphatic carbocycles. The van der Waals surface area contributed by atoms with Crippen LogP contribution in [0.15, 0.2) is 24.3 Å². The average molecular weight is 293 g/mol. The van der Waals surface area contributed by atoms with Gasteiger partial charge in [0.25, 0.3) is 0 Å². The highest BCUT2D eigenvalue weighted by atomic mass is 16.6. The van der Waals surface area contributed by atoms with Crippen LogP contribution in [0.2, 0.25) is 0 Å². The zero-order valence-corrected chi connectivity index (χ0v) is 12.9. The number of hydrogen-bond acceptors (Lipinski definition) is 4. The SMILES string of the molecule is Cc1ccc([C@@H](C(=O)OC(C)(C)C)[C@H](N)CC(=O)O)cc1. The Morgan fingerprint density at radius 2 is 1.76 bits per heavy atom. The van der Waals surface area contributed by atoms with Gasteiger partial charge < -0.3 is 15.6 Å². The van der Waals surface area contributed by atoms with Crippen LogP contribution in [0.5, 0.6) is 0 Å². The second-order valence-corrected chi connectivity index (χ2v) is 6.18. The number of carbonyl (C=O) groups is 2. The van der Waals surface area contributed by atoms with Gasteiger partial charge in [-0.3, -0.25) is 9.59 Å². The lowest BCUT2D eigenvalue weighted by atomic mass is 9.89. The first-order valence-electron chi connectivity index (χ1n) is 6.87. The molecular weight excluding hydrogens is 270 g/mol. The van der Waals surface area contributed by atoms with Crippen molar-refractivity contribution in [3.05, 3.63) is 35.4 Å². The number of aliphatic carboxylic acids is 1. The number of benzene rings is 1. The molecule has 0 aliphatic heterocycles. The maximum atomic E-state index is 12.4. The highest BCUT2D eigenvalue weighted by Gasteiger charge is 2.32. The molecule has 0 saturated heterocycles. The number of ether oxygens (including phenoxy) is 1. The predicted octanol–water partition coefficient (Wildman–Crippen LogP) is 2.22. The Morgan fingerprint density at radius 1 is 1.24 bits per heavy atom. The number of carboxylic acids is 1. The number of esters is 1. The minimum atomic E-state index is -1.04. The number of carboxylic acid groups (broad SMARTS) is 1. The molecule has 1 rings (SSSR count). The zero-order valence-electron chi connectivity index (χ0n) is 12.9. The Morgan fingerprint density at radius 3 is 2.19 bits per heavy atom. The van der Waals surface area contributed by atoms with Crippen molar-refractivity contribution in [2.75, 3.05) is 0 Å². The first-order chi connectivity index (χ1) is 9.60. The van der Waals surface area contributed by atoms with E-state index in [9.17, 15) is 9.59 Å². The zero-order chi connectivity index (χ0) is 16.2. The van der Waals surface area contributed by atoms with Gasteiger partial charge in [0.05, 0.1) is 12.3 Å². The van der Waals surface area contributed by atoms with Crippen LogP contribution in [0, 0.1) is 6.92 Å². The van der Waals surface area contributed by atoms with Crippen molar-refractivity contribution < 1.29 is 19.4 Å². The molecule has 21 heavy (non-hydrogen) atoms. The summed E-state index contributed by atoms with van der Waals surface area (Å²) in [5, 5.41) is 8.91.